The molecule has 2 N–H and O–H groups in total. The molecule has 1 aromatic heterocycles. The molecule has 5 nitrogen and oxygen atoms in total. The second-order valence-electron chi connectivity index (χ2n) is 4.39. The molecule has 0 fully saturated rings. The fourth-order valence-corrected chi connectivity index (χ4v) is 3.14. The van der Waals surface area contributed by atoms with Gasteiger partial charge in [-0.3, -0.25) is 9.69 Å². The van der Waals surface area contributed by atoms with Crippen LogP contribution >= 0.6 is 11.3 Å². The number of carboxylic acids is 2. The van der Waals surface area contributed by atoms with Crippen LogP contribution in [0.4, 0.5) is 0 Å². The van der Waals surface area contributed by atoms with Crippen LogP contribution in [0.1, 0.15) is 33.0 Å². The zero-order valence-electron chi connectivity index (χ0n) is 9.89. The number of thiophene rings is 1. The van der Waals surface area contributed by atoms with E-state index >= 15 is 0 Å². The molecule has 1 aromatic rings. The van der Waals surface area contributed by atoms with Crippen molar-refractivity contribution < 1.29 is 19.8 Å². The van der Waals surface area contributed by atoms with Crippen molar-refractivity contribution in [3.63, 3.8) is 0 Å². The van der Waals surface area contributed by atoms with E-state index in [4.69, 9.17) is 10.2 Å². The lowest BCUT2D eigenvalue weighted by atomic mass is 10.1. The van der Waals surface area contributed by atoms with Crippen LogP contribution in [0.3, 0.4) is 0 Å². The van der Waals surface area contributed by atoms with Crippen LogP contribution in [-0.4, -0.2) is 40.1 Å². The monoisotopic (exact) mass is 269 g/mol. The van der Waals surface area contributed by atoms with Crippen molar-refractivity contribution in [2.45, 2.75) is 25.8 Å². The Balaban J connectivity index is 1.93. The molecule has 18 heavy (non-hydrogen) atoms. The molecule has 1 aliphatic rings. The number of hydrogen-bond acceptors (Lipinski definition) is 4. The molecule has 1 aliphatic heterocycles. The van der Waals surface area contributed by atoms with E-state index in [-0.39, 0.29) is 6.42 Å². The SMILES string of the molecule is O=C(O)CCCN1CCc2sc(C(=O)O)cc2C1. The Bertz CT molecular complexity index is 469. The summed E-state index contributed by atoms with van der Waals surface area (Å²) in [6, 6.07) is 1.74. The van der Waals surface area contributed by atoms with Crippen LogP contribution in [0.5, 0.6) is 0 Å². The Labute approximate surface area is 109 Å². The Morgan fingerprint density at radius 1 is 1.39 bits per heavy atom. The lowest BCUT2D eigenvalue weighted by Crippen LogP contribution is -2.30. The van der Waals surface area contributed by atoms with Crippen LogP contribution in [-0.2, 0) is 17.8 Å². The molecule has 0 radical (unpaired) electrons. The molecule has 0 bridgehead atoms. The molecule has 2 rings (SSSR count). The first-order valence-corrected chi connectivity index (χ1v) is 6.67. The number of rotatable bonds is 5. The predicted octanol–water partition coefficient (Wildman–Crippen LogP) is 1.67. The third-order valence-corrected chi connectivity index (χ3v) is 4.25. The zero-order chi connectivity index (χ0) is 13.1. The zero-order valence-corrected chi connectivity index (χ0v) is 10.7. The van der Waals surface area contributed by atoms with Gasteiger partial charge in [-0.25, -0.2) is 4.79 Å². The lowest BCUT2D eigenvalue weighted by molar-refractivity contribution is -0.137. The van der Waals surface area contributed by atoms with Gasteiger partial charge < -0.3 is 10.2 Å². The summed E-state index contributed by atoms with van der Waals surface area (Å²) in [5.74, 6) is -1.64. The molecule has 0 amide bonds. The molecule has 0 saturated carbocycles. The summed E-state index contributed by atoms with van der Waals surface area (Å²) in [7, 11) is 0. The lowest BCUT2D eigenvalue weighted by Gasteiger charge is -2.26. The van der Waals surface area contributed by atoms with E-state index in [1.54, 1.807) is 6.07 Å². The van der Waals surface area contributed by atoms with Gasteiger partial charge in [-0.15, -0.1) is 11.3 Å². The Kier molecular flexibility index (Phi) is 3.98. The molecule has 0 saturated heterocycles. The number of nitrogens with zero attached hydrogens (tertiary/aromatic N) is 1. The van der Waals surface area contributed by atoms with E-state index in [2.05, 4.69) is 4.90 Å². The predicted molar refractivity (Wildman–Crippen MR) is 67.1 cm³/mol. The first-order chi connectivity index (χ1) is 8.56. The van der Waals surface area contributed by atoms with E-state index < -0.39 is 11.9 Å². The summed E-state index contributed by atoms with van der Waals surface area (Å²) >= 11 is 1.35. The van der Waals surface area contributed by atoms with Gasteiger partial charge in [0.1, 0.15) is 4.88 Å². The normalized spacial score (nSPS) is 15.3. The number of carbonyl (C=O) groups is 2. The van der Waals surface area contributed by atoms with E-state index in [9.17, 15) is 9.59 Å². The van der Waals surface area contributed by atoms with Crippen LogP contribution < -0.4 is 0 Å². The van der Waals surface area contributed by atoms with Crippen molar-refractivity contribution in [1.29, 1.82) is 0 Å². The fraction of sp³-hybridized carbons (Fsp3) is 0.500. The Morgan fingerprint density at radius 2 is 2.17 bits per heavy atom. The van der Waals surface area contributed by atoms with Gasteiger partial charge in [0, 0.05) is 24.4 Å². The van der Waals surface area contributed by atoms with Gasteiger partial charge in [-0.1, -0.05) is 0 Å². The van der Waals surface area contributed by atoms with E-state index in [1.807, 2.05) is 0 Å². The van der Waals surface area contributed by atoms with Gasteiger partial charge in [0.15, 0.2) is 0 Å². The van der Waals surface area contributed by atoms with Gasteiger partial charge in [0.25, 0.3) is 0 Å². The second kappa shape index (κ2) is 5.49. The van der Waals surface area contributed by atoms with Crippen LogP contribution in [0.2, 0.25) is 0 Å². The maximum atomic E-state index is 10.9. The number of carboxylic acid groups (broad SMARTS) is 2. The topological polar surface area (TPSA) is 77.8 Å². The molecule has 0 atom stereocenters. The van der Waals surface area contributed by atoms with Gasteiger partial charge in [0.05, 0.1) is 0 Å². The molecular formula is C12H15NO4S. The van der Waals surface area contributed by atoms with E-state index in [0.29, 0.717) is 11.3 Å². The van der Waals surface area contributed by atoms with Gasteiger partial charge in [-0.2, -0.15) is 0 Å². The van der Waals surface area contributed by atoms with Gasteiger partial charge in [-0.05, 0) is 31.0 Å². The average Bonchev–Trinajstić information content (AvgIpc) is 2.71. The second-order valence-corrected chi connectivity index (χ2v) is 5.52. The highest BCUT2D eigenvalue weighted by molar-refractivity contribution is 7.14. The van der Waals surface area contributed by atoms with Crippen LogP contribution in [0, 0.1) is 0 Å². The summed E-state index contributed by atoms with van der Waals surface area (Å²) in [6.07, 6.45) is 1.69. The molecular weight excluding hydrogens is 254 g/mol. The highest BCUT2D eigenvalue weighted by atomic mass is 32.1. The quantitative estimate of drug-likeness (QED) is 0.850. The number of aliphatic carboxylic acids is 1. The molecule has 0 aliphatic carbocycles. The highest BCUT2D eigenvalue weighted by Crippen LogP contribution is 2.28. The third-order valence-electron chi connectivity index (χ3n) is 3.02. The summed E-state index contributed by atoms with van der Waals surface area (Å²) in [4.78, 5) is 25.0. The Morgan fingerprint density at radius 3 is 2.83 bits per heavy atom. The first-order valence-electron chi connectivity index (χ1n) is 5.85. The van der Waals surface area contributed by atoms with Crippen molar-refractivity contribution >= 4 is 23.3 Å². The minimum absolute atomic E-state index is 0.188. The van der Waals surface area contributed by atoms with Crippen molar-refractivity contribution in [3.05, 3.63) is 21.4 Å². The maximum Gasteiger partial charge on any atom is 0.345 e. The summed E-state index contributed by atoms with van der Waals surface area (Å²) < 4.78 is 0. The molecule has 0 unspecified atom stereocenters. The summed E-state index contributed by atoms with van der Waals surface area (Å²) in [5.41, 5.74) is 1.08. The van der Waals surface area contributed by atoms with Crippen molar-refractivity contribution in [3.8, 4) is 0 Å². The van der Waals surface area contributed by atoms with Gasteiger partial charge >= 0.3 is 11.9 Å². The molecule has 6 heteroatoms. The first kappa shape index (κ1) is 13.0. The van der Waals surface area contributed by atoms with Crippen molar-refractivity contribution in [1.82, 2.24) is 4.90 Å². The maximum absolute atomic E-state index is 10.9. The minimum Gasteiger partial charge on any atom is -0.481 e. The van der Waals surface area contributed by atoms with E-state index in [0.717, 1.165) is 36.5 Å². The standard InChI is InChI=1S/C12H15NO4S/c14-11(15)2-1-4-13-5-3-9-8(7-13)6-10(18-9)12(16)17/h6H,1-5,7H2,(H,14,15)(H,16,17). The Hall–Kier alpha value is -1.40. The summed E-state index contributed by atoms with van der Waals surface area (Å²) in [6.45, 7) is 2.37. The van der Waals surface area contributed by atoms with Crippen molar-refractivity contribution in [2.24, 2.45) is 0 Å². The fourth-order valence-electron chi connectivity index (χ4n) is 2.14. The largest absolute Gasteiger partial charge is 0.481 e. The summed E-state index contributed by atoms with van der Waals surface area (Å²) in [5, 5.41) is 17.5. The van der Waals surface area contributed by atoms with Crippen LogP contribution in [0.25, 0.3) is 0 Å². The van der Waals surface area contributed by atoms with Gasteiger partial charge in [0.2, 0.25) is 0 Å². The number of aromatic carboxylic acids is 1. The van der Waals surface area contributed by atoms with Crippen molar-refractivity contribution in [2.75, 3.05) is 13.1 Å². The van der Waals surface area contributed by atoms with Crippen LogP contribution in [0.15, 0.2) is 6.07 Å². The average molecular weight is 269 g/mol. The number of fused-ring (bicyclic) bond motifs is 1. The van der Waals surface area contributed by atoms with E-state index in [1.165, 1.54) is 11.3 Å². The highest BCUT2D eigenvalue weighted by Gasteiger charge is 2.20. The minimum atomic E-state index is -0.869. The third kappa shape index (κ3) is 3.08. The molecule has 0 aromatic carbocycles. The molecule has 0 spiro atoms. The molecule has 98 valence electrons. The number of hydrogen-bond donors (Lipinski definition) is 2. The smallest absolute Gasteiger partial charge is 0.345 e. The molecule has 2 heterocycles.